The molecule has 0 amide bonds. The fourth-order valence-corrected chi connectivity index (χ4v) is 2.22. The number of hydrogen-bond donors (Lipinski definition) is 0. The van der Waals surface area contributed by atoms with Crippen molar-refractivity contribution < 1.29 is 14.3 Å². The lowest BCUT2D eigenvalue weighted by atomic mass is 10.2. The number of hydrogen-bond acceptors (Lipinski definition) is 4. The van der Waals surface area contributed by atoms with E-state index in [9.17, 15) is 4.79 Å². The van der Waals surface area contributed by atoms with Gasteiger partial charge in [0.1, 0.15) is 5.75 Å². The number of ether oxygens (including phenoxy) is 2. The number of esters is 1. The molecule has 0 radical (unpaired) electrons. The van der Waals surface area contributed by atoms with Crippen molar-refractivity contribution in [3.63, 3.8) is 0 Å². The van der Waals surface area contributed by atoms with E-state index in [0.29, 0.717) is 6.61 Å². The van der Waals surface area contributed by atoms with E-state index >= 15 is 0 Å². The van der Waals surface area contributed by atoms with Crippen molar-refractivity contribution in [2.45, 2.75) is 13.8 Å². The van der Waals surface area contributed by atoms with Crippen molar-refractivity contribution in [3.05, 3.63) is 29.6 Å². The summed E-state index contributed by atoms with van der Waals surface area (Å²) in [6.45, 7) is 3.65. The second-order valence-corrected chi connectivity index (χ2v) is 4.14. The lowest BCUT2D eigenvalue weighted by Crippen LogP contribution is -1.95. The lowest BCUT2D eigenvalue weighted by molar-refractivity contribution is -0.140. The fourth-order valence-electron chi connectivity index (χ4n) is 1.31. The van der Waals surface area contributed by atoms with E-state index in [2.05, 4.69) is 16.9 Å². The molecule has 2 aromatic rings. The molecule has 0 saturated heterocycles. The molecular formula is C13H16O3S. The number of fused-ring (bicyclic) bond motifs is 1. The summed E-state index contributed by atoms with van der Waals surface area (Å²) in [5.74, 6) is 0.767. The second kappa shape index (κ2) is 6.91. The van der Waals surface area contributed by atoms with Gasteiger partial charge in [-0.1, -0.05) is 12.1 Å². The fraction of sp³-hybridized carbons (Fsp3) is 0.308. The maximum absolute atomic E-state index is 9.82. The summed E-state index contributed by atoms with van der Waals surface area (Å²) in [6.07, 6.45) is 0. The van der Waals surface area contributed by atoms with Crippen molar-refractivity contribution in [3.8, 4) is 5.75 Å². The third-order valence-corrected chi connectivity index (χ3v) is 2.95. The van der Waals surface area contributed by atoms with Gasteiger partial charge in [0.25, 0.3) is 0 Å². The molecule has 0 aliphatic rings. The lowest BCUT2D eigenvalue weighted by Gasteiger charge is -1.94. The van der Waals surface area contributed by atoms with Gasteiger partial charge in [0.2, 0.25) is 0 Å². The third kappa shape index (κ3) is 4.07. The normalized spacial score (nSPS) is 9.35. The van der Waals surface area contributed by atoms with Gasteiger partial charge < -0.3 is 9.47 Å². The number of thiophene rings is 1. The zero-order valence-electron chi connectivity index (χ0n) is 10.2. The number of rotatable bonds is 2. The Labute approximate surface area is 105 Å². The average Bonchev–Trinajstić information content (AvgIpc) is 2.72. The minimum Gasteiger partial charge on any atom is -0.495 e. The van der Waals surface area contributed by atoms with E-state index < -0.39 is 0 Å². The van der Waals surface area contributed by atoms with E-state index in [0.717, 1.165) is 5.75 Å². The highest BCUT2D eigenvalue weighted by molar-refractivity contribution is 7.17. The Morgan fingerprint density at radius 2 is 2.06 bits per heavy atom. The Morgan fingerprint density at radius 1 is 1.35 bits per heavy atom. The van der Waals surface area contributed by atoms with Gasteiger partial charge in [0.15, 0.2) is 0 Å². The zero-order valence-corrected chi connectivity index (χ0v) is 11.0. The number of methoxy groups -OCH3 is 1. The van der Waals surface area contributed by atoms with Crippen LogP contribution in [0.3, 0.4) is 0 Å². The first-order chi connectivity index (χ1) is 8.19. The minimum atomic E-state index is -0.211. The first-order valence-corrected chi connectivity index (χ1v) is 6.20. The molecule has 2 rings (SSSR count). The average molecular weight is 252 g/mol. The van der Waals surface area contributed by atoms with Crippen molar-refractivity contribution in [1.29, 1.82) is 0 Å². The number of carbonyl (C=O) groups is 1. The molecule has 1 heterocycles. The Kier molecular flexibility index (Phi) is 5.49. The molecule has 0 spiro atoms. The molecule has 4 heteroatoms. The largest absolute Gasteiger partial charge is 0.495 e. The van der Waals surface area contributed by atoms with Gasteiger partial charge in [-0.3, -0.25) is 4.79 Å². The van der Waals surface area contributed by atoms with Crippen molar-refractivity contribution in [2.24, 2.45) is 0 Å². The van der Waals surface area contributed by atoms with E-state index in [1.54, 1.807) is 25.4 Å². The zero-order chi connectivity index (χ0) is 12.7. The van der Waals surface area contributed by atoms with Crippen LogP contribution < -0.4 is 4.74 Å². The van der Waals surface area contributed by atoms with Crippen LogP contribution in [-0.2, 0) is 9.53 Å². The molecular weight excluding hydrogens is 236 g/mol. The molecule has 1 aromatic carbocycles. The van der Waals surface area contributed by atoms with Gasteiger partial charge in [-0.25, -0.2) is 0 Å². The van der Waals surface area contributed by atoms with Gasteiger partial charge in [-0.05, 0) is 19.1 Å². The Hall–Kier alpha value is -1.55. The highest BCUT2D eigenvalue weighted by atomic mass is 32.1. The Balaban J connectivity index is 0.000000209. The van der Waals surface area contributed by atoms with Crippen LogP contribution in [0.15, 0.2) is 29.6 Å². The molecule has 0 aliphatic carbocycles. The van der Waals surface area contributed by atoms with Crippen LogP contribution in [-0.4, -0.2) is 19.7 Å². The van der Waals surface area contributed by atoms with Crippen LogP contribution in [0.25, 0.3) is 10.1 Å². The summed E-state index contributed by atoms with van der Waals surface area (Å²) in [4.78, 5) is 9.82. The third-order valence-electron chi connectivity index (χ3n) is 2.01. The van der Waals surface area contributed by atoms with Gasteiger partial charge in [-0.2, -0.15) is 0 Å². The SMILES string of the molecule is CCOC(C)=O.COc1csc2ccccc12. The van der Waals surface area contributed by atoms with Crippen LogP contribution >= 0.6 is 11.3 Å². The highest BCUT2D eigenvalue weighted by Gasteiger charge is 2.00. The molecule has 0 aliphatic heterocycles. The highest BCUT2D eigenvalue weighted by Crippen LogP contribution is 2.31. The summed E-state index contributed by atoms with van der Waals surface area (Å²) in [5.41, 5.74) is 0. The molecule has 92 valence electrons. The van der Waals surface area contributed by atoms with Gasteiger partial charge in [0, 0.05) is 22.4 Å². The molecule has 0 saturated carbocycles. The van der Waals surface area contributed by atoms with Crippen LogP contribution in [0.4, 0.5) is 0 Å². The molecule has 0 atom stereocenters. The van der Waals surface area contributed by atoms with Crippen LogP contribution in [0.1, 0.15) is 13.8 Å². The number of benzene rings is 1. The molecule has 1 aromatic heterocycles. The van der Waals surface area contributed by atoms with Gasteiger partial charge in [0.05, 0.1) is 13.7 Å². The van der Waals surface area contributed by atoms with Crippen molar-refractivity contribution in [2.75, 3.05) is 13.7 Å². The predicted molar refractivity (Wildman–Crippen MR) is 70.7 cm³/mol. The minimum absolute atomic E-state index is 0.211. The van der Waals surface area contributed by atoms with Crippen molar-refractivity contribution in [1.82, 2.24) is 0 Å². The van der Waals surface area contributed by atoms with E-state index in [1.165, 1.54) is 17.0 Å². The maximum Gasteiger partial charge on any atom is 0.302 e. The first kappa shape index (κ1) is 13.5. The van der Waals surface area contributed by atoms with E-state index in [1.807, 2.05) is 17.5 Å². The maximum atomic E-state index is 9.82. The summed E-state index contributed by atoms with van der Waals surface area (Å²) in [6, 6.07) is 8.24. The first-order valence-electron chi connectivity index (χ1n) is 5.32. The molecule has 3 nitrogen and oxygen atoms in total. The molecule has 0 unspecified atom stereocenters. The van der Waals surface area contributed by atoms with Crippen molar-refractivity contribution >= 4 is 27.4 Å². The topological polar surface area (TPSA) is 35.5 Å². The predicted octanol–water partition coefficient (Wildman–Crippen LogP) is 3.48. The summed E-state index contributed by atoms with van der Waals surface area (Å²) >= 11 is 1.71. The summed E-state index contributed by atoms with van der Waals surface area (Å²) in [7, 11) is 1.70. The standard InChI is InChI=1S/C9H8OS.C4H8O2/c1-10-8-6-11-9-5-3-2-4-7(8)9;1-3-6-4(2)5/h2-6H,1H3;3H2,1-2H3. The van der Waals surface area contributed by atoms with E-state index in [4.69, 9.17) is 4.74 Å². The van der Waals surface area contributed by atoms with Crippen LogP contribution in [0, 0.1) is 0 Å². The Morgan fingerprint density at radius 3 is 2.59 bits per heavy atom. The molecule has 0 bridgehead atoms. The quantitative estimate of drug-likeness (QED) is 0.768. The second-order valence-electron chi connectivity index (χ2n) is 3.22. The smallest absolute Gasteiger partial charge is 0.302 e. The molecule has 0 N–H and O–H groups in total. The van der Waals surface area contributed by atoms with Gasteiger partial charge in [-0.15, -0.1) is 11.3 Å². The molecule has 17 heavy (non-hydrogen) atoms. The molecule has 0 fully saturated rings. The van der Waals surface area contributed by atoms with Crippen LogP contribution in [0.2, 0.25) is 0 Å². The summed E-state index contributed by atoms with van der Waals surface area (Å²) in [5, 5.41) is 3.24. The number of carbonyl (C=O) groups excluding carboxylic acids is 1. The Bertz CT molecular complexity index is 476. The van der Waals surface area contributed by atoms with Crippen LogP contribution in [0.5, 0.6) is 5.75 Å². The summed E-state index contributed by atoms with van der Waals surface area (Å²) < 4.78 is 10.9. The van der Waals surface area contributed by atoms with E-state index in [-0.39, 0.29) is 5.97 Å². The van der Waals surface area contributed by atoms with Gasteiger partial charge >= 0.3 is 5.97 Å². The monoisotopic (exact) mass is 252 g/mol.